The molecule has 0 aromatic heterocycles. The van der Waals surface area contributed by atoms with Crippen LogP contribution in [0.25, 0.3) is 0 Å². The summed E-state index contributed by atoms with van der Waals surface area (Å²) in [5.74, 6) is 0. The molecule has 0 atom stereocenters. The number of nitrogens with two attached hydrogens (primary N) is 1. The lowest BCUT2D eigenvalue weighted by Gasteiger charge is -2.15. The van der Waals surface area contributed by atoms with Gasteiger partial charge in [-0.3, -0.25) is 0 Å². The van der Waals surface area contributed by atoms with Crippen molar-refractivity contribution in [3.8, 4) is 0 Å². The van der Waals surface area contributed by atoms with Crippen LogP contribution in [0.4, 0.5) is 17.1 Å². The molecule has 0 spiro atoms. The lowest BCUT2D eigenvalue weighted by atomic mass is 10.1. The van der Waals surface area contributed by atoms with Crippen molar-refractivity contribution >= 4 is 17.1 Å². The molecule has 4 nitrogen and oxygen atoms in total. The fourth-order valence-corrected chi connectivity index (χ4v) is 1.48. The summed E-state index contributed by atoms with van der Waals surface area (Å²) in [7, 11) is 5.69. The first-order chi connectivity index (χ1) is 6.76. The lowest BCUT2D eigenvalue weighted by Crippen LogP contribution is -2.07. The van der Waals surface area contributed by atoms with Crippen molar-refractivity contribution in [1.82, 2.24) is 0 Å². The molecule has 0 aliphatic rings. The van der Waals surface area contributed by atoms with Crippen molar-refractivity contribution in [2.24, 2.45) is 5.73 Å². The fourth-order valence-electron chi connectivity index (χ4n) is 1.48. The number of hydrogen-bond donors (Lipinski definition) is 4. The summed E-state index contributed by atoms with van der Waals surface area (Å²) in [6.45, 7) is 0.524. The van der Waals surface area contributed by atoms with E-state index in [0.29, 0.717) is 6.54 Å². The van der Waals surface area contributed by atoms with Crippen molar-refractivity contribution in [3.05, 3.63) is 17.7 Å². The van der Waals surface area contributed by atoms with E-state index >= 15 is 0 Å². The number of benzene rings is 1. The molecule has 0 unspecified atom stereocenters. The molecule has 0 aliphatic heterocycles. The standard InChI is InChI=1S/C10H18N4/c1-12-7-4-9(13-2)8(6-11)10(5-7)14-3/h4-5,12-14H,6,11H2,1-3H3. The average Bonchev–Trinajstić information content (AvgIpc) is 2.26. The van der Waals surface area contributed by atoms with Gasteiger partial charge in [0.2, 0.25) is 0 Å². The maximum atomic E-state index is 5.69. The van der Waals surface area contributed by atoms with Crippen molar-refractivity contribution in [2.75, 3.05) is 37.1 Å². The van der Waals surface area contributed by atoms with Crippen molar-refractivity contribution in [2.45, 2.75) is 6.54 Å². The molecule has 0 saturated carbocycles. The molecule has 5 N–H and O–H groups in total. The van der Waals surface area contributed by atoms with Gasteiger partial charge in [-0.1, -0.05) is 0 Å². The summed E-state index contributed by atoms with van der Waals surface area (Å²) in [4.78, 5) is 0. The second kappa shape index (κ2) is 4.72. The van der Waals surface area contributed by atoms with E-state index < -0.39 is 0 Å². The normalized spacial score (nSPS) is 9.71. The molecule has 14 heavy (non-hydrogen) atoms. The number of hydrogen-bond acceptors (Lipinski definition) is 4. The predicted octanol–water partition coefficient (Wildman–Crippen LogP) is 1.27. The van der Waals surface area contributed by atoms with E-state index in [1.54, 1.807) is 0 Å². The molecule has 78 valence electrons. The summed E-state index contributed by atoms with van der Waals surface area (Å²) in [6.07, 6.45) is 0. The van der Waals surface area contributed by atoms with E-state index in [0.717, 1.165) is 22.6 Å². The maximum Gasteiger partial charge on any atom is 0.0424 e. The van der Waals surface area contributed by atoms with Gasteiger partial charge >= 0.3 is 0 Å². The Kier molecular flexibility index (Phi) is 3.59. The maximum absolute atomic E-state index is 5.69. The zero-order chi connectivity index (χ0) is 10.6. The van der Waals surface area contributed by atoms with Crippen LogP contribution in [0.5, 0.6) is 0 Å². The van der Waals surface area contributed by atoms with Gasteiger partial charge in [0.25, 0.3) is 0 Å². The van der Waals surface area contributed by atoms with E-state index in [2.05, 4.69) is 16.0 Å². The molecule has 0 fully saturated rings. The first-order valence-electron chi connectivity index (χ1n) is 4.67. The van der Waals surface area contributed by atoms with Crippen LogP contribution >= 0.6 is 0 Å². The van der Waals surface area contributed by atoms with Gasteiger partial charge in [0, 0.05) is 50.3 Å². The average molecular weight is 194 g/mol. The third-order valence-electron chi connectivity index (χ3n) is 2.28. The summed E-state index contributed by atoms with van der Waals surface area (Å²) in [5, 5.41) is 9.38. The first kappa shape index (κ1) is 10.7. The van der Waals surface area contributed by atoms with Crippen LogP contribution in [0.15, 0.2) is 12.1 Å². The van der Waals surface area contributed by atoms with Crippen molar-refractivity contribution in [3.63, 3.8) is 0 Å². The monoisotopic (exact) mass is 194 g/mol. The summed E-state index contributed by atoms with van der Waals surface area (Å²) in [5.41, 5.74) is 9.98. The molecule has 0 amide bonds. The van der Waals surface area contributed by atoms with Gasteiger partial charge in [-0.15, -0.1) is 0 Å². The summed E-state index contributed by atoms with van der Waals surface area (Å²) < 4.78 is 0. The number of nitrogens with one attached hydrogen (secondary N) is 3. The molecule has 1 rings (SSSR count). The number of rotatable bonds is 4. The minimum Gasteiger partial charge on any atom is -0.388 e. The second-order valence-electron chi connectivity index (χ2n) is 3.00. The van der Waals surface area contributed by atoms with E-state index in [4.69, 9.17) is 5.73 Å². The second-order valence-corrected chi connectivity index (χ2v) is 3.00. The largest absolute Gasteiger partial charge is 0.388 e. The van der Waals surface area contributed by atoms with E-state index in [-0.39, 0.29) is 0 Å². The Morgan fingerprint density at radius 3 is 1.79 bits per heavy atom. The molecule has 1 aromatic rings. The Morgan fingerprint density at radius 2 is 1.50 bits per heavy atom. The third-order valence-corrected chi connectivity index (χ3v) is 2.28. The SMILES string of the molecule is CNc1cc(NC)c(CN)c(NC)c1. The topological polar surface area (TPSA) is 62.1 Å². The molecule has 0 heterocycles. The molecular weight excluding hydrogens is 176 g/mol. The quantitative estimate of drug-likeness (QED) is 0.583. The Labute approximate surface area is 84.9 Å². The molecule has 0 bridgehead atoms. The van der Waals surface area contributed by atoms with E-state index in [9.17, 15) is 0 Å². The Balaban J connectivity index is 3.24. The van der Waals surface area contributed by atoms with Crippen molar-refractivity contribution < 1.29 is 0 Å². The summed E-state index contributed by atoms with van der Waals surface area (Å²) >= 11 is 0. The zero-order valence-electron chi connectivity index (χ0n) is 8.94. The zero-order valence-corrected chi connectivity index (χ0v) is 8.94. The minimum absolute atomic E-state index is 0.524. The van der Waals surface area contributed by atoms with Gasteiger partial charge in [0.15, 0.2) is 0 Å². The Hall–Kier alpha value is -1.42. The lowest BCUT2D eigenvalue weighted by molar-refractivity contribution is 1.07. The highest BCUT2D eigenvalue weighted by Crippen LogP contribution is 2.28. The highest BCUT2D eigenvalue weighted by Gasteiger charge is 2.06. The smallest absolute Gasteiger partial charge is 0.0424 e. The molecule has 4 heteroatoms. The van der Waals surface area contributed by atoms with Gasteiger partial charge in [-0.25, -0.2) is 0 Å². The highest BCUT2D eigenvalue weighted by molar-refractivity contribution is 5.73. The highest BCUT2D eigenvalue weighted by atomic mass is 14.9. The van der Waals surface area contributed by atoms with E-state index in [1.807, 2.05) is 33.3 Å². The van der Waals surface area contributed by atoms with Crippen molar-refractivity contribution in [1.29, 1.82) is 0 Å². The molecule has 1 aromatic carbocycles. The molecule has 0 aliphatic carbocycles. The third kappa shape index (κ3) is 1.90. The van der Waals surface area contributed by atoms with Gasteiger partial charge < -0.3 is 21.7 Å². The van der Waals surface area contributed by atoms with Crippen LogP contribution in [0.3, 0.4) is 0 Å². The number of anilines is 3. The van der Waals surface area contributed by atoms with Gasteiger partial charge in [0.1, 0.15) is 0 Å². The first-order valence-corrected chi connectivity index (χ1v) is 4.67. The van der Waals surface area contributed by atoms with Crippen LogP contribution in [0.2, 0.25) is 0 Å². The molecular formula is C10H18N4. The van der Waals surface area contributed by atoms with Crippen LogP contribution in [-0.4, -0.2) is 21.1 Å². The van der Waals surface area contributed by atoms with Crippen LogP contribution < -0.4 is 21.7 Å². The van der Waals surface area contributed by atoms with E-state index in [1.165, 1.54) is 0 Å². The minimum atomic E-state index is 0.524. The predicted molar refractivity (Wildman–Crippen MR) is 63.0 cm³/mol. The Bertz CT molecular complexity index is 284. The fraction of sp³-hybridized carbons (Fsp3) is 0.400. The molecule has 0 radical (unpaired) electrons. The van der Waals surface area contributed by atoms with Crippen LogP contribution in [-0.2, 0) is 6.54 Å². The summed E-state index contributed by atoms with van der Waals surface area (Å²) in [6, 6.07) is 4.09. The molecule has 0 saturated heterocycles. The van der Waals surface area contributed by atoms with Crippen LogP contribution in [0.1, 0.15) is 5.56 Å². The van der Waals surface area contributed by atoms with Gasteiger partial charge in [0.05, 0.1) is 0 Å². The van der Waals surface area contributed by atoms with Crippen LogP contribution in [0, 0.1) is 0 Å². The van der Waals surface area contributed by atoms with Gasteiger partial charge in [-0.2, -0.15) is 0 Å². The van der Waals surface area contributed by atoms with Gasteiger partial charge in [-0.05, 0) is 12.1 Å². The Morgan fingerprint density at radius 1 is 1.00 bits per heavy atom.